The Kier molecular flexibility index (Phi) is 5.27. The highest BCUT2D eigenvalue weighted by molar-refractivity contribution is 6.10. The van der Waals surface area contributed by atoms with Crippen molar-refractivity contribution in [2.75, 3.05) is 10.6 Å². The van der Waals surface area contributed by atoms with Crippen LogP contribution in [0.25, 0.3) is 22.0 Å². The third-order valence-electron chi connectivity index (χ3n) is 5.55. The van der Waals surface area contributed by atoms with Crippen LogP contribution in [-0.4, -0.2) is 26.8 Å². The van der Waals surface area contributed by atoms with Gasteiger partial charge in [-0.25, -0.2) is 4.98 Å². The fourth-order valence-electron chi connectivity index (χ4n) is 3.63. The number of hydrogen-bond acceptors (Lipinski definition) is 4. The summed E-state index contributed by atoms with van der Waals surface area (Å²) in [6, 6.07) is 10.8. The molecule has 3 heterocycles. The van der Waals surface area contributed by atoms with E-state index in [0.717, 1.165) is 47.7 Å². The predicted molar refractivity (Wildman–Crippen MR) is 120 cm³/mol. The molecule has 7 nitrogen and oxygen atoms in total. The minimum atomic E-state index is -4.57. The van der Waals surface area contributed by atoms with E-state index >= 15 is 0 Å². The van der Waals surface area contributed by atoms with E-state index in [-0.39, 0.29) is 17.4 Å². The molecule has 0 bridgehead atoms. The lowest BCUT2D eigenvalue weighted by atomic mass is 10.1. The molecule has 0 spiro atoms. The van der Waals surface area contributed by atoms with Crippen molar-refractivity contribution in [3.63, 3.8) is 0 Å². The number of hydrogen-bond donors (Lipinski definition) is 3. The number of aromatic nitrogens is 3. The van der Waals surface area contributed by atoms with Gasteiger partial charge in [0.25, 0.3) is 5.91 Å². The first-order valence-corrected chi connectivity index (χ1v) is 10.5. The summed E-state index contributed by atoms with van der Waals surface area (Å²) < 4.78 is 38.2. The van der Waals surface area contributed by atoms with Gasteiger partial charge in [-0.3, -0.25) is 14.6 Å². The molecule has 172 valence electrons. The van der Waals surface area contributed by atoms with Gasteiger partial charge in [-0.15, -0.1) is 0 Å². The Morgan fingerprint density at radius 1 is 1.03 bits per heavy atom. The molecule has 34 heavy (non-hydrogen) atoms. The molecule has 0 radical (unpaired) electrons. The first-order chi connectivity index (χ1) is 16.3. The average molecular weight is 465 g/mol. The highest BCUT2D eigenvalue weighted by Gasteiger charge is 2.32. The quantitative estimate of drug-likeness (QED) is 0.375. The van der Waals surface area contributed by atoms with Crippen LogP contribution in [0.15, 0.2) is 61.1 Å². The highest BCUT2D eigenvalue weighted by Crippen LogP contribution is 2.34. The van der Waals surface area contributed by atoms with Gasteiger partial charge in [0.15, 0.2) is 0 Å². The third kappa shape index (κ3) is 4.34. The molecule has 1 aliphatic carbocycles. The Morgan fingerprint density at radius 3 is 2.56 bits per heavy atom. The number of carbonyl (C=O) groups is 2. The van der Waals surface area contributed by atoms with E-state index in [1.807, 2.05) is 12.1 Å². The smallest absolute Gasteiger partial charge is 0.359 e. The number of anilines is 2. The van der Waals surface area contributed by atoms with E-state index in [4.69, 9.17) is 0 Å². The molecule has 3 N–H and O–H groups in total. The summed E-state index contributed by atoms with van der Waals surface area (Å²) >= 11 is 0. The number of halogens is 3. The van der Waals surface area contributed by atoms with Gasteiger partial charge in [0, 0.05) is 35.5 Å². The molecule has 0 unspecified atom stereocenters. The lowest BCUT2D eigenvalue weighted by molar-refractivity contribution is -0.141. The third-order valence-corrected chi connectivity index (χ3v) is 5.55. The van der Waals surface area contributed by atoms with E-state index in [1.165, 1.54) is 0 Å². The zero-order valence-corrected chi connectivity index (χ0v) is 17.6. The van der Waals surface area contributed by atoms with Gasteiger partial charge in [0.1, 0.15) is 11.5 Å². The lowest BCUT2D eigenvalue weighted by Gasteiger charge is -2.09. The Bertz CT molecular complexity index is 1390. The second-order valence-electron chi connectivity index (χ2n) is 8.01. The lowest BCUT2D eigenvalue weighted by Crippen LogP contribution is -2.14. The molecule has 10 heteroatoms. The Morgan fingerprint density at radius 2 is 1.85 bits per heavy atom. The molecule has 1 saturated carbocycles. The maximum atomic E-state index is 12.7. The number of carbonyl (C=O) groups excluding carboxylic acids is 2. The molecule has 5 rings (SSSR count). The molecule has 1 aliphatic rings. The standard InChI is InChI=1S/C24H18F3N5O2/c25-24(26,27)19-7-6-15(11-29-19)23(34)31-18-3-1-2-16-17(12-30-21(16)18)14-8-9-28-20(10-14)32-22(33)13-4-5-13/h1-3,6-13,30H,4-5H2,(H,31,34)(H,28,32,33). The number of benzene rings is 1. The number of nitrogens with one attached hydrogen (secondary N) is 3. The summed E-state index contributed by atoms with van der Waals surface area (Å²) in [6.45, 7) is 0. The van der Waals surface area contributed by atoms with Gasteiger partial charge in [0.2, 0.25) is 5.91 Å². The Hall–Kier alpha value is -4.21. The van der Waals surface area contributed by atoms with Crippen LogP contribution in [-0.2, 0) is 11.0 Å². The predicted octanol–water partition coefficient (Wildman–Crippen LogP) is 5.24. The maximum Gasteiger partial charge on any atom is 0.433 e. The molecule has 0 atom stereocenters. The Balaban J connectivity index is 1.39. The summed E-state index contributed by atoms with van der Waals surface area (Å²) in [5.74, 6) is -0.0993. The van der Waals surface area contributed by atoms with Gasteiger partial charge in [0.05, 0.1) is 16.8 Å². The number of aromatic amines is 1. The van der Waals surface area contributed by atoms with Crippen molar-refractivity contribution in [2.24, 2.45) is 5.92 Å². The van der Waals surface area contributed by atoms with Crippen LogP contribution in [0.5, 0.6) is 0 Å². The van der Waals surface area contributed by atoms with E-state index in [1.54, 1.807) is 30.6 Å². The number of nitrogens with zero attached hydrogens (tertiary/aromatic N) is 2. The van der Waals surface area contributed by atoms with Crippen LogP contribution in [0, 0.1) is 5.92 Å². The monoisotopic (exact) mass is 465 g/mol. The second kappa shape index (κ2) is 8.29. The van der Waals surface area contributed by atoms with Gasteiger partial charge >= 0.3 is 6.18 Å². The fourth-order valence-corrected chi connectivity index (χ4v) is 3.63. The van der Waals surface area contributed by atoms with Gasteiger partial charge < -0.3 is 15.6 Å². The zero-order chi connectivity index (χ0) is 23.9. The normalized spacial score (nSPS) is 13.6. The van der Waals surface area contributed by atoms with Crippen LogP contribution in [0.1, 0.15) is 28.9 Å². The van der Waals surface area contributed by atoms with Crippen molar-refractivity contribution < 1.29 is 22.8 Å². The van der Waals surface area contributed by atoms with Crippen LogP contribution in [0.3, 0.4) is 0 Å². The minimum Gasteiger partial charge on any atom is -0.359 e. The average Bonchev–Trinajstić information content (AvgIpc) is 3.58. The van der Waals surface area contributed by atoms with Gasteiger partial charge in [-0.1, -0.05) is 12.1 Å². The largest absolute Gasteiger partial charge is 0.433 e. The van der Waals surface area contributed by atoms with Crippen molar-refractivity contribution in [2.45, 2.75) is 19.0 Å². The van der Waals surface area contributed by atoms with E-state index in [2.05, 4.69) is 25.6 Å². The maximum absolute atomic E-state index is 12.7. The number of pyridine rings is 2. The van der Waals surface area contributed by atoms with Crippen molar-refractivity contribution >= 4 is 34.2 Å². The van der Waals surface area contributed by atoms with Gasteiger partial charge in [-0.2, -0.15) is 13.2 Å². The molecule has 1 fully saturated rings. The number of H-pyrrole nitrogens is 1. The zero-order valence-electron chi connectivity index (χ0n) is 17.6. The summed E-state index contributed by atoms with van der Waals surface area (Å²) in [5, 5.41) is 6.36. The van der Waals surface area contributed by atoms with Crippen LogP contribution in [0.2, 0.25) is 0 Å². The molecule has 1 aromatic carbocycles. The van der Waals surface area contributed by atoms with E-state index in [0.29, 0.717) is 17.0 Å². The van der Waals surface area contributed by atoms with Crippen molar-refractivity contribution in [1.82, 2.24) is 15.0 Å². The summed E-state index contributed by atoms with van der Waals surface area (Å²) in [4.78, 5) is 35.4. The first-order valence-electron chi connectivity index (χ1n) is 10.5. The van der Waals surface area contributed by atoms with E-state index in [9.17, 15) is 22.8 Å². The van der Waals surface area contributed by atoms with Crippen LogP contribution < -0.4 is 10.6 Å². The van der Waals surface area contributed by atoms with Crippen molar-refractivity contribution in [3.8, 4) is 11.1 Å². The molecule has 0 saturated heterocycles. The first kappa shape index (κ1) is 21.6. The number of para-hydroxylation sites is 1. The fraction of sp³-hybridized carbons (Fsp3) is 0.167. The molecular weight excluding hydrogens is 447 g/mol. The number of rotatable bonds is 5. The number of fused-ring (bicyclic) bond motifs is 1. The van der Waals surface area contributed by atoms with Crippen LogP contribution in [0.4, 0.5) is 24.7 Å². The minimum absolute atomic E-state index is 0.00182. The topological polar surface area (TPSA) is 99.8 Å². The Labute approximate surface area is 191 Å². The number of amides is 2. The van der Waals surface area contributed by atoms with Crippen LogP contribution >= 0.6 is 0 Å². The highest BCUT2D eigenvalue weighted by atomic mass is 19.4. The molecule has 4 aromatic rings. The van der Waals surface area contributed by atoms with Crippen molar-refractivity contribution in [3.05, 3.63) is 72.3 Å². The van der Waals surface area contributed by atoms with Crippen molar-refractivity contribution in [1.29, 1.82) is 0 Å². The molecule has 0 aliphatic heterocycles. The summed E-state index contributed by atoms with van der Waals surface area (Å²) in [6.07, 6.45) is 1.50. The molecule has 2 amide bonds. The SMILES string of the molecule is O=C(Nc1cccc2c(-c3ccnc(NC(=O)C4CC4)c3)c[nH]c12)c1ccc(C(F)(F)F)nc1. The van der Waals surface area contributed by atoms with Gasteiger partial charge in [-0.05, 0) is 48.7 Å². The second-order valence-corrected chi connectivity index (χ2v) is 8.01. The summed E-state index contributed by atoms with van der Waals surface area (Å²) in [7, 11) is 0. The summed E-state index contributed by atoms with van der Waals surface area (Å²) in [5.41, 5.74) is 1.71. The molecule has 3 aromatic heterocycles. The number of alkyl halides is 3. The molecular formula is C24H18F3N5O2. The van der Waals surface area contributed by atoms with E-state index < -0.39 is 17.8 Å².